The first-order chi connectivity index (χ1) is 8.08. The summed E-state index contributed by atoms with van der Waals surface area (Å²) in [5, 5.41) is 0. The van der Waals surface area contributed by atoms with Crippen molar-refractivity contribution in [2.24, 2.45) is 5.92 Å². The molecule has 0 bridgehead atoms. The van der Waals surface area contributed by atoms with Gasteiger partial charge in [0.1, 0.15) is 5.78 Å². The minimum Gasteiger partial charge on any atom is -0.299 e. The summed E-state index contributed by atoms with van der Waals surface area (Å²) in [7, 11) is 0. The zero-order valence-corrected chi connectivity index (χ0v) is 10.8. The number of nitrogens with zero attached hydrogens (tertiary/aromatic N) is 1. The van der Waals surface area contributed by atoms with Crippen molar-refractivity contribution in [3.05, 3.63) is 31.5 Å². The normalized spacial score (nSPS) is 19.8. The van der Waals surface area contributed by atoms with Gasteiger partial charge in [0.05, 0.1) is 4.47 Å². The highest BCUT2D eigenvalue weighted by Gasteiger charge is 2.23. The van der Waals surface area contributed by atoms with Crippen LogP contribution < -0.4 is 11.2 Å². The van der Waals surface area contributed by atoms with Crippen molar-refractivity contribution in [3.8, 4) is 0 Å². The van der Waals surface area contributed by atoms with E-state index in [1.54, 1.807) is 0 Å². The number of halogens is 1. The van der Waals surface area contributed by atoms with Gasteiger partial charge in [-0.2, -0.15) is 0 Å². The SMILES string of the molecule is O=C1CCCC1CCn1cc(Br)c(=O)[nH]c1=O. The molecule has 1 unspecified atom stereocenters. The van der Waals surface area contributed by atoms with Gasteiger partial charge in [-0.25, -0.2) is 4.79 Å². The number of Topliss-reactive ketones (excluding diaryl/α,β-unsaturated/α-hetero) is 1. The highest BCUT2D eigenvalue weighted by atomic mass is 79.9. The zero-order chi connectivity index (χ0) is 12.4. The topological polar surface area (TPSA) is 71.9 Å². The Labute approximate surface area is 106 Å². The molecule has 1 aromatic heterocycles. The molecule has 1 atom stereocenters. The van der Waals surface area contributed by atoms with E-state index in [-0.39, 0.29) is 5.92 Å². The Balaban J connectivity index is 2.09. The summed E-state index contributed by atoms with van der Waals surface area (Å²) < 4.78 is 1.76. The molecule has 1 aliphatic rings. The number of hydrogen-bond acceptors (Lipinski definition) is 3. The van der Waals surface area contributed by atoms with Gasteiger partial charge in [-0.1, -0.05) is 0 Å². The van der Waals surface area contributed by atoms with Crippen LogP contribution in [0.25, 0.3) is 0 Å². The van der Waals surface area contributed by atoms with Crippen LogP contribution in [0.4, 0.5) is 0 Å². The second-order valence-electron chi connectivity index (χ2n) is 4.27. The fourth-order valence-electron chi connectivity index (χ4n) is 2.14. The van der Waals surface area contributed by atoms with Crippen molar-refractivity contribution in [1.82, 2.24) is 9.55 Å². The third-order valence-corrected chi connectivity index (χ3v) is 3.68. The number of nitrogens with one attached hydrogen (secondary N) is 1. The molecule has 0 aliphatic heterocycles. The molecule has 1 N–H and O–H groups in total. The first-order valence-corrected chi connectivity index (χ1v) is 6.39. The van der Waals surface area contributed by atoms with Gasteiger partial charge >= 0.3 is 5.69 Å². The van der Waals surface area contributed by atoms with Gasteiger partial charge in [0.15, 0.2) is 0 Å². The maximum atomic E-state index is 11.5. The third-order valence-electron chi connectivity index (χ3n) is 3.12. The predicted octanol–water partition coefficient (Wildman–Crippen LogP) is 1.06. The Bertz CT molecular complexity index is 546. The Kier molecular flexibility index (Phi) is 3.61. The first kappa shape index (κ1) is 12.3. The number of rotatable bonds is 3. The van der Waals surface area contributed by atoms with Gasteiger partial charge in [0, 0.05) is 25.1 Å². The van der Waals surface area contributed by atoms with E-state index in [1.807, 2.05) is 0 Å². The molecular weight excluding hydrogens is 288 g/mol. The maximum Gasteiger partial charge on any atom is 0.328 e. The monoisotopic (exact) mass is 300 g/mol. The molecule has 92 valence electrons. The summed E-state index contributed by atoms with van der Waals surface area (Å²) in [6.07, 6.45) is 4.67. The lowest BCUT2D eigenvalue weighted by Crippen LogP contribution is -2.30. The van der Waals surface area contributed by atoms with Crippen LogP contribution in [0.5, 0.6) is 0 Å². The molecule has 2 rings (SSSR count). The third kappa shape index (κ3) is 2.74. The molecule has 6 heteroatoms. The van der Waals surface area contributed by atoms with E-state index in [0.29, 0.717) is 29.6 Å². The first-order valence-electron chi connectivity index (χ1n) is 5.60. The number of aromatic nitrogens is 2. The van der Waals surface area contributed by atoms with Crippen molar-refractivity contribution in [2.45, 2.75) is 32.2 Å². The van der Waals surface area contributed by atoms with Crippen LogP contribution in [0.2, 0.25) is 0 Å². The van der Waals surface area contributed by atoms with E-state index in [9.17, 15) is 14.4 Å². The summed E-state index contributed by atoms with van der Waals surface area (Å²) in [6, 6.07) is 0. The second kappa shape index (κ2) is 5.00. The largest absolute Gasteiger partial charge is 0.328 e. The fraction of sp³-hybridized carbons (Fsp3) is 0.545. The Morgan fingerprint density at radius 2 is 2.18 bits per heavy atom. The zero-order valence-electron chi connectivity index (χ0n) is 9.24. The van der Waals surface area contributed by atoms with Gasteiger partial charge in [0.25, 0.3) is 5.56 Å². The standard InChI is InChI=1S/C11H13BrN2O3/c12-8-6-14(11(17)13-10(8)16)5-4-7-2-1-3-9(7)15/h6-7H,1-5H2,(H,13,16,17). The minimum atomic E-state index is -0.428. The second-order valence-corrected chi connectivity index (χ2v) is 5.13. The molecule has 1 aromatic rings. The van der Waals surface area contributed by atoms with Crippen molar-refractivity contribution in [3.63, 3.8) is 0 Å². The van der Waals surface area contributed by atoms with Crippen LogP contribution in [-0.4, -0.2) is 15.3 Å². The van der Waals surface area contributed by atoms with E-state index in [1.165, 1.54) is 10.8 Å². The number of carbonyl (C=O) groups is 1. The molecule has 0 aromatic carbocycles. The molecule has 0 saturated heterocycles. The van der Waals surface area contributed by atoms with Gasteiger partial charge in [-0.05, 0) is 35.2 Å². The number of carbonyl (C=O) groups excluding carboxylic acids is 1. The molecule has 1 aliphatic carbocycles. The number of hydrogen-bond donors (Lipinski definition) is 1. The molecule has 1 fully saturated rings. The number of aryl methyl sites for hydroxylation is 1. The van der Waals surface area contributed by atoms with Gasteiger partial charge in [0.2, 0.25) is 0 Å². The molecule has 17 heavy (non-hydrogen) atoms. The Morgan fingerprint density at radius 3 is 2.82 bits per heavy atom. The van der Waals surface area contributed by atoms with E-state index in [4.69, 9.17) is 0 Å². The quantitative estimate of drug-likeness (QED) is 0.907. The van der Waals surface area contributed by atoms with E-state index >= 15 is 0 Å². The molecule has 5 nitrogen and oxygen atoms in total. The van der Waals surface area contributed by atoms with Crippen LogP contribution in [-0.2, 0) is 11.3 Å². The lowest BCUT2D eigenvalue weighted by atomic mass is 10.0. The summed E-state index contributed by atoms with van der Waals surface area (Å²) in [4.78, 5) is 36.3. The average Bonchev–Trinajstić information content (AvgIpc) is 2.68. The van der Waals surface area contributed by atoms with Gasteiger partial charge in [-0.3, -0.25) is 19.1 Å². The molecule has 1 saturated carbocycles. The fourth-order valence-corrected chi connectivity index (χ4v) is 2.48. The van der Waals surface area contributed by atoms with Crippen molar-refractivity contribution in [1.29, 1.82) is 0 Å². The van der Waals surface area contributed by atoms with Crippen molar-refractivity contribution in [2.75, 3.05) is 0 Å². The highest BCUT2D eigenvalue weighted by Crippen LogP contribution is 2.24. The van der Waals surface area contributed by atoms with Crippen LogP contribution in [0.1, 0.15) is 25.7 Å². The van der Waals surface area contributed by atoms with E-state index in [2.05, 4.69) is 20.9 Å². The Hall–Kier alpha value is -1.17. The minimum absolute atomic E-state index is 0.0765. The summed E-state index contributed by atoms with van der Waals surface area (Å²) in [5.41, 5.74) is -0.855. The lowest BCUT2D eigenvalue weighted by molar-refractivity contribution is -0.120. The number of aromatic amines is 1. The van der Waals surface area contributed by atoms with Crippen LogP contribution in [0, 0.1) is 5.92 Å². The van der Waals surface area contributed by atoms with Crippen LogP contribution in [0.3, 0.4) is 0 Å². The summed E-state index contributed by atoms with van der Waals surface area (Å²) >= 11 is 3.08. The molecule has 0 radical (unpaired) electrons. The highest BCUT2D eigenvalue weighted by molar-refractivity contribution is 9.10. The average molecular weight is 301 g/mol. The number of H-pyrrole nitrogens is 1. The summed E-state index contributed by atoms with van der Waals surface area (Å²) in [5.74, 6) is 0.370. The summed E-state index contributed by atoms with van der Waals surface area (Å²) in [6.45, 7) is 0.463. The predicted molar refractivity (Wildman–Crippen MR) is 66.0 cm³/mol. The Morgan fingerprint density at radius 1 is 1.41 bits per heavy atom. The molecule has 0 spiro atoms. The van der Waals surface area contributed by atoms with Crippen molar-refractivity contribution < 1.29 is 4.79 Å². The molecule has 1 heterocycles. The van der Waals surface area contributed by atoms with Crippen LogP contribution >= 0.6 is 15.9 Å². The molecule has 0 amide bonds. The van der Waals surface area contributed by atoms with Crippen molar-refractivity contribution >= 4 is 21.7 Å². The van der Waals surface area contributed by atoms with Crippen LogP contribution in [0.15, 0.2) is 20.3 Å². The van der Waals surface area contributed by atoms with E-state index < -0.39 is 11.2 Å². The lowest BCUT2D eigenvalue weighted by Gasteiger charge is -2.09. The van der Waals surface area contributed by atoms with Gasteiger partial charge in [-0.15, -0.1) is 0 Å². The van der Waals surface area contributed by atoms with Gasteiger partial charge < -0.3 is 0 Å². The van der Waals surface area contributed by atoms with E-state index in [0.717, 1.165) is 12.8 Å². The maximum absolute atomic E-state index is 11.5. The smallest absolute Gasteiger partial charge is 0.299 e. The molecular formula is C11H13BrN2O3. The number of ketones is 1.